The summed E-state index contributed by atoms with van der Waals surface area (Å²) in [6.45, 7) is 1.92. The van der Waals surface area contributed by atoms with Gasteiger partial charge in [-0.05, 0) is 19.1 Å². The average Bonchev–Trinajstić information content (AvgIpc) is 2.39. The van der Waals surface area contributed by atoms with E-state index in [0.717, 1.165) is 11.0 Å². The zero-order valence-corrected chi connectivity index (χ0v) is 8.71. The number of hydrogen-bond donors (Lipinski definition) is 1. The lowest BCUT2D eigenvalue weighted by molar-refractivity contribution is 0.744. The fourth-order valence-corrected chi connectivity index (χ4v) is 1.83. The van der Waals surface area contributed by atoms with Crippen molar-refractivity contribution in [3.63, 3.8) is 0 Å². The summed E-state index contributed by atoms with van der Waals surface area (Å²) in [6.07, 6.45) is 0. The molecule has 0 saturated carbocycles. The fourth-order valence-electron chi connectivity index (χ4n) is 1.43. The molecule has 68 valence electrons. The zero-order valence-electron chi connectivity index (χ0n) is 7.12. The number of para-hydroxylation sites is 2. The predicted molar refractivity (Wildman–Crippen MR) is 56.2 cm³/mol. The second kappa shape index (κ2) is 3.03. The van der Waals surface area contributed by atoms with E-state index in [2.05, 4.69) is 20.9 Å². The molecule has 4 heteroatoms. The van der Waals surface area contributed by atoms with Crippen molar-refractivity contribution >= 4 is 27.0 Å². The van der Waals surface area contributed by atoms with E-state index in [4.69, 9.17) is 0 Å². The van der Waals surface area contributed by atoms with Crippen molar-refractivity contribution in [1.29, 1.82) is 0 Å². The summed E-state index contributed by atoms with van der Waals surface area (Å²) in [6, 6.07) is 7.64. The number of aromatic nitrogens is 2. The summed E-state index contributed by atoms with van der Waals surface area (Å²) in [5, 5.41) is 0. The summed E-state index contributed by atoms with van der Waals surface area (Å²) in [5.74, 6) is 0. The molecule has 1 aromatic carbocycles. The van der Waals surface area contributed by atoms with E-state index in [-0.39, 0.29) is 10.6 Å². The maximum Gasteiger partial charge on any atom is 0.327 e. The number of rotatable bonds is 1. The molecular weight excluding hydrogens is 232 g/mol. The number of fused-ring (bicyclic) bond motifs is 1. The van der Waals surface area contributed by atoms with Crippen LogP contribution in [0.2, 0.25) is 0 Å². The Morgan fingerprint density at radius 1 is 1.46 bits per heavy atom. The zero-order chi connectivity index (χ0) is 9.42. The molecule has 1 aromatic heterocycles. The summed E-state index contributed by atoms with van der Waals surface area (Å²) in [5.41, 5.74) is 1.72. The number of nitrogens with zero attached hydrogens (tertiary/aromatic N) is 1. The van der Waals surface area contributed by atoms with Crippen molar-refractivity contribution in [2.75, 3.05) is 0 Å². The van der Waals surface area contributed by atoms with Crippen LogP contribution in [0.15, 0.2) is 29.1 Å². The van der Waals surface area contributed by atoms with E-state index in [1.54, 1.807) is 4.57 Å². The number of halogens is 1. The molecule has 1 N–H and O–H groups in total. The third kappa shape index (κ3) is 1.31. The summed E-state index contributed by atoms with van der Waals surface area (Å²) in [4.78, 5) is 14.3. The van der Waals surface area contributed by atoms with Crippen molar-refractivity contribution in [1.82, 2.24) is 9.55 Å². The smallest absolute Gasteiger partial charge is 0.306 e. The first-order valence-electron chi connectivity index (χ1n) is 4.03. The molecule has 0 bridgehead atoms. The van der Waals surface area contributed by atoms with E-state index in [0.29, 0.717) is 0 Å². The Kier molecular flexibility index (Phi) is 2.00. The molecule has 2 rings (SSSR count). The van der Waals surface area contributed by atoms with Gasteiger partial charge in [-0.25, -0.2) is 4.79 Å². The lowest BCUT2D eigenvalue weighted by Gasteiger charge is -2.03. The molecule has 3 nitrogen and oxygen atoms in total. The topological polar surface area (TPSA) is 37.8 Å². The van der Waals surface area contributed by atoms with Gasteiger partial charge in [-0.1, -0.05) is 28.1 Å². The van der Waals surface area contributed by atoms with Gasteiger partial charge in [0.2, 0.25) is 0 Å². The number of alkyl halides is 1. The van der Waals surface area contributed by atoms with Crippen molar-refractivity contribution in [2.45, 2.75) is 11.9 Å². The molecule has 0 aliphatic rings. The van der Waals surface area contributed by atoms with Crippen molar-refractivity contribution in [3.8, 4) is 0 Å². The van der Waals surface area contributed by atoms with Crippen LogP contribution in [0.5, 0.6) is 0 Å². The van der Waals surface area contributed by atoms with Crippen LogP contribution in [0.25, 0.3) is 11.0 Å². The van der Waals surface area contributed by atoms with E-state index >= 15 is 0 Å². The lowest BCUT2D eigenvalue weighted by atomic mass is 10.3. The van der Waals surface area contributed by atoms with Gasteiger partial charge in [0.25, 0.3) is 0 Å². The van der Waals surface area contributed by atoms with E-state index < -0.39 is 0 Å². The van der Waals surface area contributed by atoms with Gasteiger partial charge in [-0.15, -0.1) is 0 Å². The van der Waals surface area contributed by atoms with E-state index in [1.165, 1.54) is 0 Å². The van der Waals surface area contributed by atoms with Gasteiger partial charge in [0.15, 0.2) is 0 Å². The molecule has 1 heterocycles. The lowest BCUT2D eigenvalue weighted by Crippen LogP contribution is -2.16. The first kappa shape index (κ1) is 8.56. The highest BCUT2D eigenvalue weighted by atomic mass is 79.9. The van der Waals surface area contributed by atoms with Gasteiger partial charge >= 0.3 is 5.69 Å². The van der Waals surface area contributed by atoms with Gasteiger partial charge in [-0.2, -0.15) is 0 Å². The number of hydrogen-bond acceptors (Lipinski definition) is 1. The highest BCUT2D eigenvalue weighted by molar-refractivity contribution is 9.09. The Bertz CT molecular complexity index is 484. The average molecular weight is 241 g/mol. The monoisotopic (exact) mass is 240 g/mol. The summed E-state index contributed by atoms with van der Waals surface area (Å²) < 4.78 is 1.68. The molecule has 0 spiro atoms. The van der Waals surface area contributed by atoms with E-state index in [9.17, 15) is 4.79 Å². The normalized spacial score (nSPS) is 13.4. The SMILES string of the molecule is CC(Br)n1c(=O)[nH]c2ccccc21. The maximum absolute atomic E-state index is 11.5. The molecule has 2 aromatic rings. The Morgan fingerprint density at radius 3 is 2.85 bits per heavy atom. The van der Waals surface area contributed by atoms with Crippen LogP contribution < -0.4 is 5.69 Å². The molecular formula is C9H9BrN2O. The minimum absolute atomic E-state index is 0.0103. The van der Waals surface area contributed by atoms with Gasteiger partial charge in [-0.3, -0.25) is 4.57 Å². The molecule has 13 heavy (non-hydrogen) atoms. The molecule has 0 radical (unpaired) electrons. The number of benzene rings is 1. The van der Waals surface area contributed by atoms with Crippen LogP contribution in [-0.4, -0.2) is 9.55 Å². The number of imidazole rings is 1. The molecule has 0 saturated heterocycles. The van der Waals surface area contributed by atoms with Crippen LogP contribution in [0, 0.1) is 0 Å². The number of nitrogens with one attached hydrogen (secondary N) is 1. The quantitative estimate of drug-likeness (QED) is 0.764. The number of aromatic amines is 1. The van der Waals surface area contributed by atoms with Crippen LogP contribution in [0.4, 0.5) is 0 Å². The van der Waals surface area contributed by atoms with Crippen molar-refractivity contribution in [3.05, 3.63) is 34.7 Å². The third-order valence-corrected chi connectivity index (χ3v) is 2.39. The highest BCUT2D eigenvalue weighted by Gasteiger charge is 2.08. The second-order valence-electron chi connectivity index (χ2n) is 2.89. The van der Waals surface area contributed by atoms with Gasteiger partial charge in [0.1, 0.15) is 0 Å². The first-order chi connectivity index (χ1) is 6.20. The Balaban J connectivity index is 2.87. The largest absolute Gasteiger partial charge is 0.327 e. The maximum atomic E-state index is 11.5. The molecule has 1 atom stereocenters. The minimum Gasteiger partial charge on any atom is -0.306 e. The fraction of sp³-hybridized carbons (Fsp3) is 0.222. The third-order valence-electron chi connectivity index (χ3n) is 1.98. The molecule has 0 amide bonds. The molecule has 0 aliphatic carbocycles. The Hall–Kier alpha value is -1.03. The summed E-state index contributed by atoms with van der Waals surface area (Å²) in [7, 11) is 0. The highest BCUT2D eigenvalue weighted by Crippen LogP contribution is 2.17. The number of H-pyrrole nitrogens is 1. The minimum atomic E-state index is -0.0782. The van der Waals surface area contributed by atoms with Crippen LogP contribution in [-0.2, 0) is 0 Å². The van der Waals surface area contributed by atoms with Gasteiger partial charge in [0.05, 0.1) is 16.0 Å². The van der Waals surface area contributed by atoms with Crippen LogP contribution in [0.1, 0.15) is 11.9 Å². The molecule has 0 fully saturated rings. The molecule has 1 unspecified atom stereocenters. The van der Waals surface area contributed by atoms with Crippen molar-refractivity contribution in [2.24, 2.45) is 0 Å². The predicted octanol–water partition coefficient (Wildman–Crippen LogP) is 2.24. The Labute approximate surface area is 83.5 Å². The van der Waals surface area contributed by atoms with Gasteiger partial charge in [0, 0.05) is 0 Å². The second-order valence-corrected chi connectivity index (χ2v) is 4.22. The van der Waals surface area contributed by atoms with Crippen molar-refractivity contribution < 1.29 is 0 Å². The summed E-state index contributed by atoms with van der Waals surface area (Å²) >= 11 is 3.38. The van der Waals surface area contributed by atoms with Gasteiger partial charge < -0.3 is 4.98 Å². The van der Waals surface area contributed by atoms with Crippen LogP contribution >= 0.6 is 15.9 Å². The van der Waals surface area contributed by atoms with E-state index in [1.807, 2.05) is 31.2 Å². The molecule has 0 aliphatic heterocycles. The van der Waals surface area contributed by atoms with Crippen LogP contribution in [0.3, 0.4) is 0 Å². The Morgan fingerprint density at radius 2 is 2.15 bits per heavy atom. The standard InChI is InChI=1S/C9H9BrN2O/c1-6(10)12-8-5-3-2-4-7(8)11-9(12)13/h2-6H,1H3,(H,11,13). The first-order valence-corrected chi connectivity index (χ1v) is 4.95.